The number of benzene rings is 2. The molecular weight excluding hydrogens is 426 g/mol. The third-order valence-corrected chi connectivity index (χ3v) is 6.97. The number of oxime groups is 1. The standard InChI is InChI=1S/C27H29N5O2/c1-19-15-31(18-28-19)23-11-10-20(14-25(23)33-2)13-21-7-6-12-32-24-16-30(22-8-4-3-5-9-22)17-26(24)34-29-27(21)32/h3-5,8-11,13-15,18,24,26H,6-7,12,16-17H2,1-2H3. The molecule has 34 heavy (non-hydrogen) atoms. The number of aromatic nitrogens is 2. The molecule has 7 nitrogen and oxygen atoms in total. The van der Waals surface area contributed by atoms with E-state index in [1.165, 1.54) is 11.3 Å². The second kappa shape index (κ2) is 8.56. The predicted molar refractivity (Wildman–Crippen MR) is 134 cm³/mol. The molecule has 2 fully saturated rings. The molecule has 0 N–H and O–H groups in total. The Hall–Kier alpha value is -3.74. The Morgan fingerprint density at radius 2 is 2.00 bits per heavy atom. The van der Waals surface area contributed by atoms with Crippen LogP contribution in [0.15, 0.2) is 71.8 Å². The summed E-state index contributed by atoms with van der Waals surface area (Å²) in [6, 6.07) is 17.2. The molecule has 2 aromatic carbocycles. The SMILES string of the molecule is COc1cc(C=C2CCCN3C2=NOC2CN(c4ccccc4)CC23)ccc1-n1cnc(C)c1. The summed E-state index contributed by atoms with van der Waals surface area (Å²) in [6.45, 7) is 4.82. The van der Waals surface area contributed by atoms with Gasteiger partial charge in [-0.05, 0) is 61.2 Å². The van der Waals surface area contributed by atoms with Crippen LogP contribution in [0.4, 0.5) is 5.69 Å². The van der Waals surface area contributed by atoms with Crippen LogP contribution in [0, 0.1) is 6.92 Å². The second-order valence-electron chi connectivity index (χ2n) is 9.19. The van der Waals surface area contributed by atoms with Crippen LogP contribution in [-0.2, 0) is 4.84 Å². The van der Waals surface area contributed by atoms with Gasteiger partial charge in [0.2, 0.25) is 0 Å². The lowest BCUT2D eigenvalue weighted by Crippen LogP contribution is -2.53. The zero-order valence-electron chi connectivity index (χ0n) is 19.6. The number of hydrogen-bond acceptors (Lipinski definition) is 6. The molecule has 2 atom stereocenters. The second-order valence-corrected chi connectivity index (χ2v) is 9.19. The van der Waals surface area contributed by atoms with Gasteiger partial charge in [-0.15, -0.1) is 0 Å². The average Bonchev–Trinajstić information content (AvgIpc) is 3.51. The van der Waals surface area contributed by atoms with Gasteiger partial charge in [0.05, 0.1) is 37.4 Å². The fourth-order valence-electron chi connectivity index (χ4n) is 5.29. The third kappa shape index (κ3) is 3.71. The molecule has 0 saturated carbocycles. The van der Waals surface area contributed by atoms with Crippen molar-refractivity contribution in [1.29, 1.82) is 0 Å². The average molecular weight is 456 g/mol. The Bertz CT molecular complexity index is 1250. The van der Waals surface area contributed by atoms with E-state index >= 15 is 0 Å². The van der Waals surface area contributed by atoms with Gasteiger partial charge >= 0.3 is 0 Å². The molecule has 0 aliphatic carbocycles. The maximum absolute atomic E-state index is 6.04. The molecule has 2 unspecified atom stereocenters. The van der Waals surface area contributed by atoms with Crippen LogP contribution in [0.2, 0.25) is 0 Å². The first kappa shape index (κ1) is 20.8. The summed E-state index contributed by atoms with van der Waals surface area (Å²) >= 11 is 0. The van der Waals surface area contributed by atoms with Crippen molar-refractivity contribution >= 4 is 17.6 Å². The van der Waals surface area contributed by atoms with Crippen LogP contribution in [0.3, 0.4) is 0 Å². The molecule has 0 spiro atoms. The van der Waals surface area contributed by atoms with Crippen molar-refractivity contribution in [3.63, 3.8) is 0 Å². The Balaban J connectivity index is 1.26. The van der Waals surface area contributed by atoms with E-state index < -0.39 is 0 Å². The monoisotopic (exact) mass is 455 g/mol. The van der Waals surface area contributed by atoms with Crippen LogP contribution >= 0.6 is 0 Å². The van der Waals surface area contributed by atoms with E-state index in [1.807, 2.05) is 24.0 Å². The van der Waals surface area contributed by atoms with Crippen LogP contribution < -0.4 is 9.64 Å². The lowest BCUT2D eigenvalue weighted by molar-refractivity contribution is 0.00690. The molecule has 0 radical (unpaired) electrons. The number of methoxy groups -OCH3 is 1. The van der Waals surface area contributed by atoms with Gasteiger partial charge in [-0.1, -0.05) is 29.4 Å². The zero-order chi connectivity index (χ0) is 23.1. The molecule has 3 aliphatic heterocycles. The van der Waals surface area contributed by atoms with E-state index in [1.54, 1.807) is 7.11 Å². The predicted octanol–water partition coefficient (Wildman–Crippen LogP) is 4.27. The van der Waals surface area contributed by atoms with Gasteiger partial charge in [-0.2, -0.15) is 0 Å². The van der Waals surface area contributed by atoms with Crippen LogP contribution in [-0.4, -0.2) is 59.2 Å². The van der Waals surface area contributed by atoms with E-state index in [2.05, 4.69) is 74.5 Å². The van der Waals surface area contributed by atoms with E-state index in [4.69, 9.17) is 9.57 Å². The summed E-state index contributed by atoms with van der Waals surface area (Å²) < 4.78 is 7.70. The third-order valence-electron chi connectivity index (χ3n) is 6.97. The highest BCUT2D eigenvalue weighted by Crippen LogP contribution is 2.34. The van der Waals surface area contributed by atoms with Gasteiger partial charge in [-0.25, -0.2) is 4.98 Å². The lowest BCUT2D eigenvalue weighted by Gasteiger charge is -2.40. The fraction of sp³-hybridized carbons (Fsp3) is 0.333. The van der Waals surface area contributed by atoms with Crippen molar-refractivity contribution in [2.24, 2.45) is 5.16 Å². The molecule has 2 saturated heterocycles. The minimum atomic E-state index is 0.0984. The van der Waals surface area contributed by atoms with Crippen LogP contribution in [0.1, 0.15) is 24.1 Å². The van der Waals surface area contributed by atoms with Crippen LogP contribution in [0.25, 0.3) is 11.8 Å². The number of amidine groups is 1. The van der Waals surface area contributed by atoms with Crippen molar-refractivity contribution in [3.8, 4) is 11.4 Å². The summed E-state index contributed by atoms with van der Waals surface area (Å²) in [5.41, 5.74) is 5.51. The molecule has 1 aromatic heterocycles. The van der Waals surface area contributed by atoms with Crippen molar-refractivity contribution in [2.75, 3.05) is 31.6 Å². The van der Waals surface area contributed by atoms with Crippen molar-refractivity contribution in [2.45, 2.75) is 31.9 Å². The van der Waals surface area contributed by atoms with Crippen molar-refractivity contribution < 1.29 is 9.57 Å². The first-order valence-corrected chi connectivity index (χ1v) is 11.9. The molecule has 0 amide bonds. The number of anilines is 1. The zero-order valence-corrected chi connectivity index (χ0v) is 19.6. The van der Waals surface area contributed by atoms with E-state index in [-0.39, 0.29) is 6.10 Å². The van der Waals surface area contributed by atoms with Gasteiger partial charge in [0.25, 0.3) is 0 Å². The van der Waals surface area contributed by atoms with Crippen molar-refractivity contribution in [3.05, 3.63) is 77.9 Å². The highest BCUT2D eigenvalue weighted by molar-refractivity contribution is 6.03. The molecular formula is C27H29N5O2. The minimum Gasteiger partial charge on any atom is -0.495 e. The minimum absolute atomic E-state index is 0.0984. The molecule has 3 aliphatic rings. The van der Waals surface area contributed by atoms with Gasteiger partial charge in [0, 0.05) is 25.0 Å². The molecule has 0 bridgehead atoms. The van der Waals surface area contributed by atoms with Crippen molar-refractivity contribution in [1.82, 2.24) is 14.5 Å². The topological polar surface area (TPSA) is 55.1 Å². The number of ether oxygens (including phenoxy) is 1. The quantitative estimate of drug-likeness (QED) is 0.588. The molecule has 7 heteroatoms. The number of imidazole rings is 1. The highest BCUT2D eigenvalue weighted by Gasteiger charge is 2.44. The Labute approximate surface area is 199 Å². The Morgan fingerprint density at radius 3 is 2.79 bits per heavy atom. The number of fused-ring (bicyclic) bond motifs is 3. The molecule has 6 rings (SSSR count). The van der Waals surface area contributed by atoms with E-state index in [0.717, 1.165) is 61.0 Å². The molecule has 3 aromatic rings. The summed E-state index contributed by atoms with van der Waals surface area (Å²) in [5, 5.41) is 4.61. The summed E-state index contributed by atoms with van der Waals surface area (Å²) in [5.74, 6) is 1.80. The highest BCUT2D eigenvalue weighted by atomic mass is 16.6. The number of piperidine rings is 1. The largest absolute Gasteiger partial charge is 0.495 e. The van der Waals surface area contributed by atoms with Gasteiger partial charge in [-0.3, -0.25) is 0 Å². The summed E-state index contributed by atoms with van der Waals surface area (Å²) in [7, 11) is 1.71. The van der Waals surface area contributed by atoms with E-state index in [0.29, 0.717) is 6.04 Å². The van der Waals surface area contributed by atoms with E-state index in [9.17, 15) is 0 Å². The fourth-order valence-corrected chi connectivity index (χ4v) is 5.29. The Morgan fingerprint density at radius 1 is 1.12 bits per heavy atom. The van der Waals surface area contributed by atoms with Gasteiger partial charge < -0.3 is 23.9 Å². The van der Waals surface area contributed by atoms with Crippen LogP contribution in [0.5, 0.6) is 5.75 Å². The van der Waals surface area contributed by atoms with Gasteiger partial charge in [0.15, 0.2) is 11.9 Å². The maximum Gasteiger partial charge on any atom is 0.171 e. The number of rotatable bonds is 4. The molecule has 174 valence electrons. The normalized spacial score (nSPS) is 22.8. The number of para-hydroxylation sites is 1. The molecule has 4 heterocycles. The first-order valence-electron chi connectivity index (χ1n) is 11.9. The first-order chi connectivity index (χ1) is 16.7. The summed E-state index contributed by atoms with van der Waals surface area (Å²) in [4.78, 5) is 15.3. The number of nitrogens with zero attached hydrogens (tertiary/aromatic N) is 5. The summed E-state index contributed by atoms with van der Waals surface area (Å²) in [6.07, 6.45) is 8.24. The Kier molecular flexibility index (Phi) is 5.24. The maximum atomic E-state index is 6.04. The van der Waals surface area contributed by atoms with Gasteiger partial charge in [0.1, 0.15) is 5.75 Å². The lowest BCUT2D eigenvalue weighted by atomic mass is 9.97. The smallest absolute Gasteiger partial charge is 0.171 e. The number of aryl methyl sites for hydroxylation is 1. The number of hydrogen-bond donors (Lipinski definition) is 0.